The van der Waals surface area contributed by atoms with Gasteiger partial charge in [-0.1, -0.05) is 11.6 Å². The lowest BCUT2D eigenvalue weighted by atomic mass is 10.3. The van der Waals surface area contributed by atoms with E-state index in [4.69, 9.17) is 11.6 Å². The molecular formula is C11H9BrClN3. The van der Waals surface area contributed by atoms with Gasteiger partial charge in [0.05, 0.1) is 5.02 Å². The third kappa shape index (κ3) is 2.93. The zero-order valence-corrected chi connectivity index (χ0v) is 10.7. The molecule has 0 unspecified atom stereocenters. The number of hydrogen-bond donors (Lipinski definition) is 1. The van der Waals surface area contributed by atoms with Gasteiger partial charge in [-0.05, 0) is 45.8 Å². The van der Waals surface area contributed by atoms with E-state index in [1.165, 1.54) is 0 Å². The summed E-state index contributed by atoms with van der Waals surface area (Å²) in [7, 11) is 0. The number of rotatable bonds is 3. The van der Waals surface area contributed by atoms with E-state index in [1.54, 1.807) is 18.5 Å². The maximum Gasteiger partial charge on any atom is 0.127 e. The summed E-state index contributed by atoms with van der Waals surface area (Å²) in [6.45, 7) is 0.712. The highest BCUT2D eigenvalue weighted by Gasteiger charge is 2.00. The van der Waals surface area contributed by atoms with Gasteiger partial charge in [0.1, 0.15) is 10.4 Å². The molecule has 1 N–H and O–H groups in total. The number of hydrogen-bond acceptors (Lipinski definition) is 3. The van der Waals surface area contributed by atoms with E-state index in [2.05, 4.69) is 31.2 Å². The van der Waals surface area contributed by atoms with Crippen molar-refractivity contribution in [1.29, 1.82) is 0 Å². The van der Waals surface area contributed by atoms with E-state index in [0.717, 1.165) is 11.4 Å². The fourth-order valence-electron chi connectivity index (χ4n) is 1.21. The van der Waals surface area contributed by atoms with Crippen molar-refractivity contribution >= 4 is 33.3 Å². The lowest BCUT2D eigenvalue weighted by Crippen LogP contribution is -2.01. The van der Waals surface area contributed by atoms with E-state index < -0.39 is 0 Å². The van der Waals surface area contributed by atoms with Crippen molar-refractivity contribution in [2.45, 2.75) is 6.54 Å². The normalized spacial score (nSPS) is 10.1. The largest absolute Gasteiger partial charge is 0.366 e. The first-order valence-electron chi connectivity index (χ1n) is 4.70. The van der Waals surface area contributed by atoms with E-state index >= 15 is 0 Å². The molecule has 0 aromatic carbocycles. The summed E-state index contributed by atoms with van der Waals surface area (Å²) in [6.07, 6.45) is 3.53. The quantitative estimate of drug-likeness (QED) is 0.881. The van der Waals surface area contributed by atoms with Crippen LogP contribution in [0, 0.1) is 0 Å². The van der Waals surface area contributed by atoms with E-state index in [-0.39, 0.29) is 0 Å². The standard InChI is InChI=1S/C11H9BrClN3/c12-11-9(13)1-2-10(16-11)15-7-8-3-5-14-6-4-8/h1-6H,7H2,(H,15,16). The molecule has 2 rings (SSSR count). The monoisotopic (exact) mass is 297 g/mol. The molecule has 0 saturated heterocycles. The molecule has 0 saturated carbocycles. The van der Waals surface area contributed by atoms with Gasteiger partial charge in [0.2, 0.25) is 0 Å². The van der Waals surface area contributed by atoms with Crippen molar-refractivity contribution in [1.82, 2.24) is 9.97 Å². The van der Waals surface area contributed by atoms with Crippen LogP contribution < -0.4 is 5.32 Å². The Balaban J connectivity index is 2.03. The van der Waals surface area contributed by atoms with Crippen LogP contribution in [0.4, 0.5) is 5.82 Å². The average Bonchev–Trinajstić information content (AvgIpc) is 2.32. The first kappa shape index (κ1) is 11.4. The smallest absolute Gasteiger partial charge is 0.127 e. The Bertz CT molecular complexity index is 476. The van der Waals surface area contributed by atoms with Crippen LogP contribution in [0.1, 0.15) is 5.56 Å². The summed E-state index contributed by atoms with van der Waals surface area (Å²) in [5.74, 6) is 0.785. The van der Waals surface area contributed by atoms with Crippen molar-refractivity contribution in [3.63, 3.8) is 0 Å². The van der Waals surface area contributed by atoms with Gasteiger partial charge in [0.25, 0.3) is 0 Å². The van der Waals surface area contributed by atoms with E-state index in [0.29, 0.717) is 16.2 Å². The van der Waals surface area contributed by atoms with Crippen molar-refractivity contribution in [2.24, 2.45) is 0 Å². The molecule has 2 heterocycles. The van der Waals surface area contributed by atoms with Gasteiger partial charge in [-0.3, -0.25) is 4.98 Å². The molecular weight excluding hydrogens is 289 g/mol. The maximum atomic E-state index is 5.85. The Labute approximate surface area is 107 Å². The highest BCUT2D eigenvalue weighted by atomic mass is 79.9. The van der Waals surface area contributed by atoms with Crippen LogP contribution in [0.15, 0.2) is 41.3 Å². The van der Waals surface area contributed by atoms with Crippen molar-refractivity contribution in [3.05, 3.63) is 51.8 Å². The van der Waals surface area contributed by atoms with Gasteiger partial charge < -0.3 is 5.32 Å². The van der Waals surface area contributed by atoms with Crippen molar-refractivity contribution < 1.29 is 0 Å². The molecule has 0 aliphatic rings. The molecule has 0 aliphatic heterocycles. The third-order valence-corrected chi connectivity index (χ3v) is 3.16. The minimum atomic E-state index is 0.606. The Morgan fingerprint density at radius 1 is 1.19 bits per heavy atom. The predicted octanol–water partition coefficient (Wildman–Crippen LogP) is 3.50. The molecule has 0 atom stereocenters. The van der Waals surface area contributed by atoms with Crippen LogP contribution in [-0.4, -0.2) is 9.97 Å². The first-order valence-corrected chi connectivity index (χ1v) is 5.87. The molecule has 2 aromatic rings. The second kappa shape index (κ2) is 5.27. The summed E-state index contributed by atoms with van der Waals surface area (Å²) in [6, 6.07) is 7.55. The molecule has 0 spiro atoms. The fraction of sp³-hybridized carbons (Fsp3) is 0.0909. The zero-order chi connectivity index (χ0) is 11.4. The molecule has 5 heteroatoms. The molecule has 0 bridgehead atoms. The molecule has 0 amide bonds. The van der Waals surface area contributed by atoms with Crippen molar-refractivity contribution in [2.75, 3.05) is 5.32 Å². The Morgan fingerprint density at radius 3 is 2.62 bits per heavy atom. The summed E-state index contributed by atoms with van der Waals surface area (Å²) in [4.78, 5) is 8.20. The summed E-state index contributed by atoms with van der Waals surface area (Å²) < 4.78 is 0.647. The number of nitrogens with zero attached hydrogens (tertiary/aromatic N) is 2. The maximum absolute atomic E-state index is 5.85. The van der Waals surface area contributed by atoms with Crippen LogP contribution >= 0.6 is 27.5 Å². The SMILES string of the molecule is Clc1ccc(NCc2ccncc2)nc1Br. The highest BCUT2D eigenvalue weighted by molar-refractivity contribution is 9.10. The molecule has 3 nitrogen and oxygen atoms in total. The van der Waals surface area contributed by atoms with Crippen LogP contribution in [-0.2, 0) is 6.54 Å². The third-order valence-electron chi connectivity index (χ3n) is 2.03. The Morgan fingerprint density at radius 2 is 1.94 bits per heavy atom. The number of nitrogens with one attached hydrogen (secondary N) is 1. The van der Waals surface area contributed by atoms with Gasteiger partial charge in [-0.2, -0.15) is 0 Å². The van der Waals surface area contributed by atoms with Crippen molar-refractivity contribution in [3.8, 4) is 0 Å². The van der Waals surface area contributed by atoms with E-state index in [9.17, 15) is 0 Å². The number of pyridine rings is 2. The fourth-order valence-corrected chi connectivity index (χ4v) is 1.64. The highest BCUT2D eigenvalue weighted by Crippen LogP contribution is 2.21. The van der Waals surface area contributed by atoms with Gasteiger partial charge in [-0.25, -0.2) is 4.98 Å². The minimum absolute atomic E-state index is 0.606. The molecule has 0 aliphatic carbocycles. The average molecular weight is 299 g/mol. The minimum Gasteiger partial charge on any atom is -0.366 e. The second-order valence-electron chi connectivity index (χ2n) is 3.18. The summed E-state index contributed by atoms with van der Waals surface area (Å²) in [5, 5.41) is 3.81. The first-order chi connectivity index (χ1) is 7.75. The molecule has 82 valence electrons. The molecule has 0 radical (unpaired) electrons. The van der Waals surface area contributed by atoms with Gasteiger partial charge in [0.15, 0.2) is 0 Å². The topological polar surface area (TPSA) is 37.8 Å². The Kier molecular flexibility index (Phi) is 3.74. The van der Waals surface area contributed by atoms with Crippen LogP contribution in [0.2, 0.25) is 5.02 Å². The van der Waals surface area contributed by atoms with E-state index in [1.807, 2.05) is 18.2 Å². The van der Waals surface area contributed by atoms with Gasteiger partial charge >= 0.3 is 0 Å². The van der Waals surface area contributed by atoms with Crippen LogP contribution in [0.25, 0.3) is 0 Å². The lowest BCUT2D eigenvalue weighted by molar-refractivity contribution is 1.09. The number of halogens is 2. The Hall–Kier alpha value is -1.13. The van der Waals surface area contributed by atoms with Crippen LogP contribution in [0.5, 0.6) is 0 Å². The van der Waals surface area contributed by atoms with Gasteiger partial charge in [0, 0.05) is 18.9 Å². The van der Waals surface area contributed by atoms with Crippen LogP contribution in [0.3, 0.4) is 0 Å². The molecule has 0 fully saturated rings. The number of anilines is 1. The second-order valence-corrected chi connectivity index (χ2v) is 4.34. The molecule has 16 heavy (non-hydrogen) atoms. The summed E-state index contributed by atoms with van der Waals surface area (Å²) in [5.41, 5.74) is 1.16. The number of aromatic nitrogens is 2. The predicted molar refractivity (Wildman–Crippen MR) is 68.5 cm³/mol. The lowest BCUT2D eigenvalue weighted by Gasteiger charge is -2.06. The zero-order valence-electron chi connectivity index (χ0n) is 8.32. The molecule has 2 aromatic heterocycles. The summed E-state index contributed by atoms with van der Waals surface area (Å²) >= 11 is 9.13. The van der Waals surface area contributed by atoms with Gasteiger partial charge in [-0.15, -0.1) is 0 Å².